The minimum atomic E-state index is 0.740. The Morgan fingerprint density at radius 2 is 1.71 bits per heavy atom. The number of halogens is 1. The van der Waals surface area contributed by atoms with Crippen LogP contribution in [0.4, 0.5) is 0 Å². The van der Waals surface area contributed by atoms with Gasteiger partial charge in [0.15, 0.2) is 0 Å². The molecule has 2 rings (SSSR count). The van der Waals surface area contributed by atoms with Crippen molar-refractivity contribution in [2.75, 3.05) is 6.61 Å². The number of aryl methyl sites for hydroxylation is 1. The highest BCUT2D eigenvalue weighted by molar-refractivity contribution is 9.10. The highest BCUT2D eigenvalue weighted by atomic mass is 79.9. The largest absolute Gasteiger partial charge is 0.494 e. The first-order chi connectivity index (χ1) is 8.34. The molecule has 0 atom stereocenters. The molecule has 1 heterocycles. The molecule has 0 saturated carbocycles. The molecule has 2 nitrogen and oxygen atoms in total. The SMILES string of the molecule is Brc1ccc(OCCCc2ccncc2)cc1. The summed E-state index contributed by atoms with van der Waals surface area (Å²) in [6, 6.07) is 12.0. The van der Waals surface area contributed by atoms with Crippen molar-refractivity contribution in [2.45, 2.75) is 12.8 Å². The van der Waals surface area contributed by atoms with Gasteiger partial charge in [0.2, 0.25) is 0 Å². The molecular weight excluding hydrogens is 278 g/mol. The lowest BCUT2D eigenvalue weighted by Crippen LogP contribution is -1.99. The van der Waals surface area contributed by atoms with Gasteiger partial charge in [-0.05, 0) is 54.8 Å². The minimum absolute atomic E-state index is 0.740. The zero-order chi connectivity index (χ0) is 11.9. The third-order valence-electron chi connectivity index (χ3n) is 2.44. The van der Waals surface area contributed by atoms with E-state index in [0.717, 1.165) is 29.7 Å². The van der Waals surface area contributed by atoms with E-state index in [4.69, 9.17) is 4.74 Å². The summed E-state index contributed by atoms with van der Waals surface area (Å²) in [5.41, 5.74) is 1.31. The minimum Gasteiger partial charge on any atom is -0.494 e. The first-order valence-electron chi connectivity index (χ1n) is 5.62. The Morgan fingerprint density at radius 1 is 1.00 bits per heavy atom. The number of ether oxygens (including phenoxy) is 1. The van der Waals surface area contributed by atoms with Gasteiger partial charge in [0, 0.05) is 16.9 Å². The predicted octanol–water partition coefficient (Wildman–Crippen LogP) is 3.86. The van der Waals surface area contributed by atoms with Crippen LogP contribution in [0, 0.1) is 0 Å². The second kappa shape index (κ2) is 6.40. The molecule has 0 aliphatic carbocycles. The zero-order valence-electron chi connectivity index (χ0n) is 9.47. The molecule has 3 heteroatoms. The maximum atomic E-state index is 5.65. The molecule has 1 aromatic heterocycles. The van der Waals surface area contributed by atoms with Gasteiger partial charge in [-0.3, -0.25) is 4.98 Å². The average molecular weight is 292 g/mol. The maximum Gasteiger partial charge on any atom is 0.119 e. The number of aromatic nitrogens is 1. The second-order valence-corrected chi connectivity index (χ2v) is 4.68. The molecule has 17 heavy (non-hydrogen) atoms. The normalized spacial score (nSPS) is 10.2. The van der Waals surface area contributed by atoms with Gasteiger partial charge < -0.3 is 4.74 Å². The summed E-state index contributed by atoms with van der Waals surface area (Å²) in [5, 5.41) is 0. The number of hydrogen-bond acceptors (Lipinski definition) is 2. The summed E-state index contributed by atoms with van der Waals surface area (Å²) in [4.78, 5) is 3.99. The molecule has 0 radical (unpaired) electrons. The topological polar surface area (TPSA) is 22.1 Å². The Bertz CT molecular complexity index is 442. The zero-order valence-corrected chi connectivity index (χ0v) is 11.1. The fraction of sp³-hybridized carbons (Fsp3) is 0.214. The van der Waals surface area contributed by atoms with Crippen molar-refractivity contribution in [1.29, 1.82) is 0 Å². The van der Waals surface area contributed by atoms with Gasteiger partial charge >= 0.3 is 0 Å². The monoisotopic (exact) mass is 291 g/mol. The summed E-state index contributed by atoms with van der Waals surface area (Å²) < 4.78 is 6.72. The summed E-state index contributed by atoms with van der Waals surface area (Å²) in [6.45, 7) is 0.740. The molecule has 0 aliphatic heterocycles. The number of rotatable bonds is 5. The van der Waals surface area contributed by atoms with E-state index in [9.17, 15) is 0 Å². The van der Waals surface area contributed by atoms with Crippen molar-refractivity contribution in [2.24, 2.45) is 0 Å². The Labute approximate surface area is 110 Å². The molecule has 88 valence electrons. The number of hydrogen-bond donors (Lipinski definition) is 0. The third-order valence-corrected chi connectivity index (χ3v) is 2.97. The van der Waals surface area contributed by atoms with Gasteiger partial charge in [-0.25, -0.2) is 0 Å². The highest BCUT2D eigenvalue weighted by Gasteiger charge is 1.95. The lowest BCUT2D eigenvalue weighted by molar-refractivity contribution is 0.311. The van der Waals surface area contributed by atoms with Crippen LogP contribution < -0.4 is 4.74 Å². The van der Waals surface area contributed by atoms with Gasteiger partial charge in [-0.15, -0.1) is 0 Å². The lowest BCUT2D eigenvalue weighted by Gasteiger charge is -2.06. The molecular formula is C14H14BrNO. The van der Waals surface area contributed by atoms with Crippen LogP contribution in [0.25, 0.3) is 0 Å². The summed E-state index contributed by atoms with van der Waals surface area (Å²) in [7, 11) is 0. The van der Waals surface area contributed by atoms with E-state index in [-0.39, 0.29) is 0 Å². The van der Waals surface area contributed by atoms with Gasteiger partial charge in [-0.1, -0.05) is 15.9 Å². The van der Waals surface area contributed by atoms with Crippen molar-refractivity contribution in [3.05, 3.63) is 58.8 Å². The van der Waals surface area contributed by atoms with Crippen molar-refractivity contribution < 1.29 is 4.74 Å². The van der Waals surface area contributed by atoms with Crippen molar-refractivity contribution >= 4 is 15.9 Å². The van der Waals surface area contributed by atoms with Crippen LogP contribution >= 0.6 is 15.9 Å². The van der Waals surface area contributed by atoms with Crippen molar-refractivity contribution in [1.82, 2.24) is 4.98 Å². The summed E-state index contributed by atoms with van der Waals surface area (Å²) in [5.74, 6) is 0.919. The van der Waals surface area contributed by atoms with Crippen LogP contribution in [0.3, 0.4) is 0 Å². The Kier molecular flexibility index (Phi) is 4.56. The number of nitrogens with zero attached hydrogens (tertiary/aromatic N) is 1. The fourth-order valence-electron chi connectivity index (χ4n) is 1.55. The van der Waals surface area contributed by atoms with E-state index in [0.29, 0.717) is 0 Å². The Hall–Kier alpha value is -1.35. The van der Waals surface area contributed by atoms with E-state index in [1.165, 1.54) is 5.56 Å². The first kappa shape index (κ1) is 12.1. The van der Waals surface area contributed by atoms with Crippen molar-refractivity contribution in [3.63, 3.8) is 0 Å². The lowest BCUT2D eigenvalue weighted by atomic mass is 10.1. The molecule has 0 saturated heterocycles. The number of pyridine rings is 1. The molecule has 2 aromatic rings. The van der Waals surface area contributed by atoms with Crippen LogP contribution in [0.2, 0.25) is 0 Å². The van der Waals surface area contributed by atoms with E-state index >= 15 is 0 Å². The van der Waals surface area contributed by atoms with Gasteiger partial charge in [0.05, 0.1) is 6.61 Å². The van der Waals surface area contributed by atoms with Crippen LogP contribution in [0.1, 0.15) is 12.0 Å². The average Bonchev–Trinajstić information content (AvgIpc) is 2.38. The van der Waals surface area contributed by atoms with Crippen LogP contribution in [-0.2, 0) is 6.42 Å². The van der Waals surface area contributed by atoms with Crippen LogP contribution in [-0.4, -0.2) is 11.6 Å². The molecule has 0 N–H and O–H groups in total. The van der Waals surface area contributed by atoms with Gasteiger partial charge in [0.25, 0.3) is 0 Å². The maximum absolute atomic E-state index is 5.65. The van der Waals surface area contributed by atoms with E-state index in [1.54, 1.807) is 0 Å². The van der Waals surface area contributed by atoms with E-state index in [2.05, 4.69) is 20.9 Å². The quantitative estimate of drug-likeness (QED) is 0.781. The molecule has 0 amide bonds. The molecule has 0 fully saturated rings. The molecule has 0 unspecified atom stereocenters. The number of benzene rings is 1. The standard InChI is InChI=1S/C14H14BrNO/c15-13-3-5-14(6-4-13)17-11-1-2-12-7-9-16-10-8-12/h3-10H,1-2,11H2. The summed E-state index contributed by atoms with van der Waals surface area (Å²) >= 11 is 3.40. The van der Waals surface area contributed by atoms with Crippen LogP contribution in [0.5, 0.6) is 5.75 Å². The van der Waals surface area contributed by atoms with E-state index < -0.39 is 0 Å². The van der Waals surface area contributed by atoms with E-state index in [1.807, 2.05) is 48.8 Å². The molecule has 0 aliphatic rings. The Balaban J connectivity index is 1.71. The fourth-order valence-corrected chi connectivity index (χ4v) is 1.81. The predicted molar refractivity (Wildman–Crippen MR) is 72.2 cm³/mol. The van der Waals surface area contributed by atoms with Gasteiger partial charge in [-0.2, -0.15) is 0 Å². The summed E-state index contributed by atoms with van der Waals surface area (Å²) in [6.07, 6.45) is 5.69. The smallest absolute Gasteiger partial charge is 0.119 e. The van der Waals surface area contributed by atoms with Crippen molar-refractivity contribution in [3.8, 4) is 5.75 Å². The van der Waals surface area contributed by atoms with Gasteiger partial charge in [0.1, 0.15) is 5.75 Å². The third kappa shape index (κ3) is 4.19. The second-order valence-electron chi connectivity index (χ2n) is 3.76. The molecule has 1 aromatic carbocycles. The highest BCUT2D eigenvalue weighted by Crippen LogP contribution is 2.16. The Morgan fingerprint density at radius 3 is 2.41 bits per heavy atom. The molecule has 0 spiro atoms. The first-order valence-corrected chi connectivity index (χ1v) is 6.41. The van der Waals surface area contributed by atoms with Crippen LogP contribution in [0.15, 0.2) is 53.3 Å². The molecule has 0 bridgehead atoms.